The molecule has 4 nitrogen and oxygen atoms in total. The predicted octanol–water partition coefficient (Wildman–Crippen LogP) is 1.39. The molecule has 0 fully saturated rings. The summed E-state index contributed by atoms with van der Waals surface area (Å²) >= 11 is 0. The summed E-state index contributed by atoms with van der Waals surface area (Å²) in [6.07, 6.45) is 0.0419. The molecule has 0 aromatic heterocycles. The van der Waals surface area contributed by atoms with Gasteiger partial charge in [0.2, 0.25) is 0 Å². The minimum Gasteiger partial charge on any atom is -0.479 e. The number of aliphatic carboxylic acids is 1. The molecule has 0 bridgehead atoms. The van der Waals surface area contributed by atoms with Gasteiger partial charge < -0.3 is 14.9 Å². The van der Waals surface area contributed by atoms with Crippen molar-refractivity contribution in [3.05, 3.63) is 35.9 Å². The molecule has 0 aliphatic heterocycles. The molecule has 88 valence electrons. The van der Waals surface area contributed by atoms with Gasteiger partial charge in [-0.2, -0.15) is 0 Å². The van der Waals surface area contributed by atoms with Crippen molar-refractivity contribution in [3.63, 3.8) is 0 Å². The Labute approximate surface area is 94.5 Å². The molecular weight excluding hydrogens is 208 g/mol. The normalized spacial score (nSPS) is 14.4. The summed E-state index contributed by atoms with van der Waals surface area (Å²) in [5.74, 6) is -1.25. The molecule has 16 heavy (non-hydrogen) atoms. The third-order valence-corrected chi connectivity index (χ3v) is 2.42. The number of hydrogen-bond acceptors (Lipinski definition) is 3. The zero-order chi connectivity index (χ0) is 12.0. The second kappa shape index (κ2) is 5.63. The van der Waals surface area contributed by atoms with E-state index in [-0.39, 0.29) is 13.0 Å². The quantitative estimate of drug-likeness (QED) is 0.716. The van der Waals surface area contributed by atoms with E-state index in [0.29, 0.717) is 12.2 Å². The van der Waals surface area contributed by atoms with Crippen molar-refractivity contribution in [2.24, 2.45) is 0 Å². The van der Waals surface area contributed by atoms with Crippen LogP contribution in [0.1, 0.15) is 18.9 Å². The van der Waals surface area contributed by atoms with E-state index in [4.69, 9.17) is 9.84 Å². The molecule has 1 rings (SSSR count). The average molecular weight is 224 g/mol. The molecule has 1 aromatic rings. The van der Waals surface area contributed by atoms with Crippen LogP contribution >= 0.6 is 0 Å². The third kappa shape index (κ3) is 2.81. The fourth-order valence-corrected chi connectivity index (χ4v) is 1.45. The molecule has 1 aromatic carbocycles. The average Bonchev–Trinajstić information content (AvgIpc) is 2.30. The molecule has 1 atom stereocenters. The second-order valence-corrected chi connectivity index (χ2v) is 3.48. The van der Waals surface area contributed by atoms with Crippen LogP contribution in [0, 0.1) is 0 Å². The summed E-state index contributed by atoms with van der Waals surface area (Å²) in [4.78, 5) is 11.1. The standard InChI is InChI=1S/C12H16O4/c1-2-16-9-8-12(15,11(13)14)10-6-4-3-5-7-10/h3-7,15H,2,8-9H2,1H3,(H,13,14). The first-order valence-corrected chi connectivity index (χ1v) is 5.20. The topological polar surface area (TPSA) is 66.8 Å². The van der Waals surface area contributed by atoms with Crippen LogP contribution in [-0.2, 0) is 15.1 Å². The van der Waals surface area contributed by atoms with Gasteiger partial charge >= 0.3 is 5.97 Å². The van der Waals surface area contributed by atoms with Crippen LogP contribution in [0.25, 0.3) is 0 Å². The highest BCUT2D eigenvalue weighted by Crippen LogP contribution is 2.25. The van der Waals surface area contributed by atoms with Crippen molar-refractivity contribution in [3.8, 4) is 0 Å². The zero-order valence-corrected chi connectivity index (χ0v) is 9.22. The van der Waals surface area contributed by atoms with Crippen LogP contribution in [0.2, 0.25) is 0 Å². The van der Waals surface area contributed by atoms with Crippen LogP contribution in [0.5, 0.6) is 0 Å². The summed E-state index contributed by atoms with van der Waals surface area (Å²) in [7, 11) is 0. The van der Waals surface area contributed by atoms with Gasteiger partial charge in [-0.1, -0.05) is 30.3 Å². The Kier molecular flexibility index (Phi) is 4.46. The Morgan fingerprint density at radius 3 is 2.50 bits per heavy atom. The Bertz CT molecular complexity index is 336. The second-order valence-electron chi connectivity index (χ2n) is 3.48. The lowest BCUT2D eigenvalue weighted by Gasteiger charge is -2.23. The Morgan fingerprint density at radius 1 is 1.38 bits per heavy atom. The zero-order valence-electron chi connectivity index (χ0n) is 9.22. The lowest BCUT2D eigenvalue weighted by molar-refractivity contribution is -0.162. The first-order valence-electron chi connectivity index (χ1n) is 5.20. The summed E-state index contributed by atoms with van der Waals surface area (Å²) in [6.45, 7) is 2.54. The van der Waals surface area contributed by atoms with Gasteiger partial charge in [0.15, 0.2) is 5.60 Å². The van der Waals surface area contributed by atoms with Gasteiger partial charge in [-0.15, -0.1) is 0 Å². The van der Waals surface area contributed by atoms with Crippen molar-refractivity contribution in [2.45, 2.75) is 18.9 Å². The van der Waals surface area contributed by atoms with Gasteiger partial charge in [-0.25, -0.2) is 4.79 Å². The van der Waals surface area contributed by atoms with Gasteiger partial charge in [-0.05, 0) is 12.5 Å². The number of benzene rings is 1. The lowest BCUT2D eigenvalue weighted by Crippen LogP contribution is -2.36. The van der Waals surface area contributed by atoms with Crippen LogP contribution < -0.4 is 0 Å². The van der Waals surface area contributed by atoms with Crippen molar-refractivity contribution in [2.75, 3.05) is 13.2 Å². The number of hydrogen-bond donors (Lipinski definition) is 2. The molecule has 0 heterocycles. The predicted molar refractivity (Wildman–Crippen MR) is 59.1 cm³/mol. The molecule has 4 heteroatoms. The van der Waals surface area contributed by atoms with Gasteiger partial charge in [-0.3, -0.25) is 0 Å². The molecule has 0 saturated carbocycles. The number of carboxylic acids is 1. The van der Waals surface area contributed by atoms with Gasteiger partial charge in [0.1, 0.15) is 0 Å². The van der Waals surface area contributed by atoms with E-state index in [9.17, 15) is 9.90 Å². The van der Waals surface area contributed by atoms with Crippen molar-refractivity contribution in [1.29, 1.82) is 0 Å². The Balaban J connectivity index is 2.85. The first kappa shape index (κ1) is 12.7. The summed E-state index contributed by atoms with van der Waals surface area (Å²) in [6, 6.07) is 8.36. The van der Waals surface area contributed by atoms with Gasteiger partial charge in [0.05, 0.1) is 6.61 Å². The SMILES string of the molecule is CCOCCC(O)(C(=O)O)c1ccccc1. The Morgan fingerprint density at radius 2 is 2.00 bits per heavy atom. The maximum absolute atomic E-state index is 11.1. The van der Waals surface area contributed by atoms with Gasteiger partial charge in [0, 0.05) is 13.0 Å². The smallest absolute Gasteiger partial charge is 0.340 e. The monoisotopic (exact) mass is 224 g/mol. The first-order chi connectivity index (χ1) is 7.61. The van der Waals surface area contributed by atoms with Crippen LogP contribution in [0.15, 0.2) is 30.3 Å². The number of rotatable bonds is 6. The summed E-state index contributed by atoms with van der Waals surface area (Å²) in [5.41, 5.74) is -1.49. The molecule has 0 radical (unpaired) electrons. The highest BCUT2D eigenvalue weighted by Gasteiger charge is 2.37. The molecule has 1 unspecified atom stereocenters. The van der Waals surface area contributed by atoms with E-state index in [1.54, 1.807) is 30.3 Å². The van der Waals surface area contributed by atoms with E-state index in [1.165, 1.54) is 0 Å². The Hall–Kier alpha value is -1.39. The van der Waals surface area contributed by atoms with Crippen molar-refractivity contribution >= 4 is 5.97 Å². The van der Waals surface area contributed by atoms with Gasteiger partial charge in [0.25, 0.3) is 0 Å². The largest absolute Gasteiger partial charge is 0.479 e. The van der Waals surface area contributed by atoms with Crippen LogP contribution in [-0.4, -0.2) is 29.4 Å². The number of ether oxygens (including phenoxy) is 1. The van der Waals surface area contributed by atoms with E-state index in [1.807, 2.05) is 6.92 Å². The maximum atomic E-state index is 11.1. The molecular formula is C12H16O4. The van der Waals surface area contributed by atoms with E-state index in [0.717, 1.165) is 0 Å². The van der Waals surface area contributed by atoms with E-state index < -0.39 is 11.6 Å². The third-order valence-electron chi connectivity index (χ3n) is 2.42. The summed E-state index contributed by atoms with van der Waals surface area (Å²) < 4.78 is 5.08. The minimum absolute atomic E-state index is 0.0419. The lowest BCUT2D eigenvalue weighted by atomic mass is 9.91. The fourth-order valence-electron chi connectivity index (χ4n) is 1.45. The molecule has 0 spiro atoms. The molecule has 0 aliphatic rings. The van der Waals surface area contributed by atoms with Crippen LogP contribution in [0.4, 0.5) is 0 Å². The van der Waals surface area contributed by atoms with Crippen molar-refractivity contribution in [1.82, 2.24) is 0 Å². The fraction of sp³-hybridized carbons (Fsp3) is 0.417. The number of carbonyl (C=O) groups is 1. The van der Waals surface area contributed by atoms with Crippen LogP contribution in [0.3, 0.4) is 0 Å². The number of aliphatic hydroxyl groups is 1. The highest BCUT2D eigenvalue weighted by atomic mass is 16.5. The summed E-state index contributed by atoms with van der Waals surface area (Å²) in [5, 5.41) is 19.2. The van der Waals surface area contributed by atoms with E-state index >= 15 is 0 Å². The molecule has 0 aliphatic carbocycles. The van der Waals surface area contributed by atoms with E-state index in [2.05, 4.69) is 0 Å². The highest BCUT2D eigenvalue weighted by molar-refractivity contribution is 5.79. The minimum atomic E-state index is -1.86. The number of carboxylic acid groups (broad SMARTS) is 1. The molecule has 0 saturated heterocycles. The maximum Gasteiger partial charge on any atom is 0.340 e. The molecule has 0 amide bonds. The molecule has 2 N–H and O–H groups in total. The van der Waals surface area contributed by atoms with Crippen molar-refractivity contribution < 1.29 is 19.7 Å².